The van der Waals surface area contributed by atoms with Gasteiger partial charge in [0.25, 0.3) is 0 Å². The summed E-state index contributed by atoms with van der Waals surface area (Å²) in [6, 6.07) is 8.46. The van der Waals surface area contributed by atoms with E-state index >= 15 is 0 Å². The smallest absolute Gasteiger partial charge is 0.313 e. The van der Waals surface area contributed by atoms with E-state index in [0.29, 0.717) is 24.2 Å². The van der Waals surface area contributed by atoms with Gasteiger partial charge in [-0.25, -0.2) is 4.39 Å². The topological polar surface area (TPSA) is 128 Å². The van der Waals surface area contributed by atoms with Crippen molar-refractivity contribution in [1.29, 1.82) is 5.41 Å². The highest BCUT2D eigenvalue weighted by molar-refractivity contribution is 6.09. The molecule has 1 heterocycles. The summed E-state index contributed by atoms with van der Waals surface area (Å²) < 4.78 is 25.2. The van der Waals surface area contributed by atoms with Crippen molar-refractivity contribution in [2.24, 2.45) is 11.5 Å². The number of rotatable bonds is 6. The molecular formula is C21H22FN3O4. The van der Waals surface area contributed by atoms with Crippen molar-refractivity contribution in [2.75, 3.05) is 0 Å². The van der Waals surface area contributed by atoms with Crippen molar-refractivity contribution in [3.8, 4) is 5.75 Å². The van der Waals surface area contributed by atoms with Crippen LogP contribution in [0.5, 0.6) is 5.75 Å². The van der Waals surface area contributed by atoms with Gasteiger partial charge in [-0.05, 0) is 48.7 Å². The molecule has 0 bridgehead atoms. The molecule has 2 aromatic rings. The first-order valence-corrected chi connectivity index (χ1v) is 9.23. The molecule has 2 aromatic carbocycles. The molecule has 0 unspecified atom stereocenters. The van der Waals surface area contributed by atoms with Gasteiger partial charge in [-0.3, -0.25) is 20.7 Å². The highest BCUT2D eigenvalue weighted by Crippen LogP contribution is 2.33. The minimum Gasteiger partial charge on any atom is -0.439 e. The summed E-state index contributed by atoms with van der Waals surface area (Å²) in [4.78, 5) is 24.5. The molecule has 0 spiro atoms. The third-order valence-corrected chi connectivity index (χ3v) is 4.61. The number of amidine groups is 1. The van der Waals surface area contributed by atoms with Crippen LogP contribution in [0.3, 0.4) is 0 Å². The van der Waals surface area contributed by atoms with Gasteiger partial charge in [-0.2, -0.15) is 0 Å². The molecule has 29 heavy (non-hydrogen) atoms. The van der Waals surface area contributed by atoms with Crippen molar-refractivity contribution < 1.29 is 23.5 Å². The number of ether oxygens (including phenoxy) is 2. The van der Waals surface area contributed by atoms with Crippen molar-refractivity contribution >= 4 is 17.6 Å². The van der Waals surface area contributed by atoms with Crippen molar-refractivity contribution in [3.05, 3.63) is 64.5 Å². The SMILES string of the molecule is CCCC(=O)O[C@@]1(N)CCc2cc(C(=O)c3ccc(C(=N)N)cc3F)ccc2O1. The maximum atomic E-state index is 14.3. The van der Waals surface area contributed by atoms with Crippen LogP contribution in [0.15, 0.2) is 36.4 Å². The molecule has 0 saturated heterocycles. The third kappa shape index (κ3) is 4.43. The minimum absolute atomic E-state index is 0.117. The van der Waals surface area contributed by atoms with E-state index in [-0.39, 0.29) is 35.4 Å². The van der Waals surface area contributed by atoms with Gasteiger partial charge in [0, 0.05) is 24.0 Å². The highest BCUT2D eigenvalue weighted by atomic mass is 19.1. The summed E-state index contributed by atoms with van der Waals surface area (Å²) in [7, 11) is 0. The lowest BCUT2D eigenvalue weighted by molar-refractivity contribution is -0.201. The Bertz CT molecular complexity index is 992. The number of nitrogen functional groups attached to an aromatic ring is 1. The summed E-state index contributed by atoms with van der Waals surface area (Å²) in [5, 5.41) is 7.35. The maximum absolute atomic E-state index is 14.3. The number of esters is 1. The molecule has 0 saturated carbocycles. The Morgan fingerprint density at radius 1 is 1.24 bits per heavy atom. The lowest BCUT2D eigenvalue weighted by Gasteiger charge is -2.34. The van der Waals surface area contributed by atoms with E-state index in [1.807, 2.05) is 6.92 Å². The average Bonchev–Trinajstić information content (AvgIpc) is 2.66. The van der Waals surface area contributed by atoms with Crippen LogP contribution in [0.2, 0.25) is 0 Å². The van der Waals surface area contributed by atoms with Crippen LogP contribution in [0.25, 0.3) is 0 Å². The van der Waals surface area contributed by atoms with E-state index in [1.54, 1.807) is 12.1 Å². The minimum atomic E-state index is -1.54. The molecule has 7 nitrogen and oxygen atoms in total. The number of aryl methyl sites for hydroxylation is 1. The Balaban J connectivity index is 1.81. The Morgan fingerprint density at radius 2 is 1.97 bits per heavy atom. The fourth-order valence-electron chi connectivity index (χ4n) is 3.10. The molecule has 0 amide bonds. The summed E-state index contributed by atoms with van der Waals surface area (Å²) in [6.45, 7) is 1.86. The van der Waals surface area contributed by atoms with Crippen LogP contribution in [-0.2, 0) is 16.0 Å². The molecule has 0 fully saturated rings. The Kier molecular flexibility index (Phi) is 5.65. The van der Waals surface area contributed by atoms with Crippen LogP contribution < -0.4 is 16.2 Å². The van der Waals surface area contributed by atoms with Crippen LogP contribution in [-0.4, -0.2) is 23.5 Å². The van der Waals surface area contributed by atoms with Crippen LogP contribution in [0, 0.1) is 11.2 Å². The first-order valence-electron chi connectivity index (χ1n) is 9.23. The van der Waals surface area contributed by atoms with E-state index in [2.05, 4.69) is 0 Å². The van der Waals surface area contributed by atoms with Gasteiger partial charge in [0.05, 0.1) is 5.56 Å². The van der Waals surface area contributed by atoms with Gasteiger partial charge in [-0.1, -0.05) is 13.0 Å². The molecule has 3 rings (SSSR count). The van der Waals surface area contributed by atoms with Crippen LogP contribution in [0.4, 0.5) is 4.39 Å². The fraction of sp³-hybridized carbons (Fsp3) is 0.286. The van der Waals surface area contributed by atoms with E-state index in [0.717, 1.165) is 6.07 Å². The van der Waals surface area contributed by atoms with Gasteiger partial charge < -0.3 is 15.2 Å². The summed E-state index contributed by atoms with van der Waals surface area (Å²) in [5.74, 6) is -3.10. The zero-order valence-corrected chi connectivity index (χ0v) is 16.0. The molecule has 0 aromatic heterocycles. The molecule has 8 heteroatoms. The van der Waals surface area contributed by atoms with Crippen LogP contribution >= 0.6 is 0 Å². The van der Waals surface area contributed by atoms with Gasteiger partial charge >= 0.3 is 11.9 Å². The van der Waals surface area contributed by atoms with Gasteiger partial charge in [0.2, 0.25) is 0 Å². The zero-order chi connectivity index (χ0) is 21.2. The van der Waals surface area contributed by atoms with E-state index in [4.69, 9.17) is 26.4 Å². The van der Waals surface area contributed by atoms with Crippen molar-refractivity contribution in [1.82, 2.24) is 0 Å². The molecule has 1 aliphatic heterocycles. The standard InChI is InChI=1S/C21H22FN3O4/c1-2-3-18(26)29-21(25)9-8-12-10-13(5-7-17(12)28-21)19(27)15-6-4-14(20(23)24)11-16(15)22/h4-7,10-11H,2-3,8-9,25H2,1H3,(H3,23,24)/t21-/m1/s1. The fourth-order valence-corrected chi connectivity index (χ4v) is 3.10. The molecule has 0 radical (unpaired) electrons. The van der Waals surface area contributed by atoms with Gasteiger partial charge in [0.15, 0.2) is 5.78 Å². The average molecular weight is 399 g/mol. The normalized spacial score (nSPS) is 17.8. The van der Waals surface area contributed by atoms with E-state index in [1.165, 1.54) is 18.2 Å². The highest BCUT2D eigenvalue weighted by Gasteiger charge is 2.36. The summed E-state index contributed by atoms with van der Waals surface area (Å²) >= 11 is 0. The molecule has 152 valence electrons. The largest absolute Gasteiger partial charge is 0.439 e. The number of fused-ring (bicyclic) bond motifs is 1. The number of nitrogens with two attached hydrogens (primary N) is 2. The number of hydrogen-bond acceptors (Lipinski definition) is 6. The van der Waals surface area contributed by atoms with Crippen LogP contribution in [0.1, 0.15) is 53.2 Å². The second kappa shape index (κ2) is 8.00. The lowest BCUT2D eigenvalue weighted by atomic mass is 9.96. The number of hydrogen-bond donors (Lipinski definition) is 3. The Hall–Kier alpha value is -3.26. The van der Waals surface area contributed by atoms with Crippen molar-refractivity contribution in [3.63, 3.8) is 0 Å². The number of halogens is 1. The molecule has 5 N–H and O–H groups in total. The number of carbonyl (C=O) groups excluding carboxylic acids is 2. The predicted octanol–water partition coefficient (Wildman–Crippen LogP) is 2.62. The first-order chi connectivity index (χ1) is 13.7. The number of nitrogens with one attached hydrogen (secondary N) is 1. The molecular weight excluding hydrogens is 377 g/mol. The number of ketones is 1. The summed E-state index contributed by atoms with van der Waals surface area (Å²) in [6.07, 6.45) is 1.55. The second-order valence-corrected chi connectivity index (χ2v) is 6.90. The molecule has 1 aliphatic rings. The third-order valence-electron chi connectivity index (χ3n) is 4.61. The van der Waals surface area contributed by atoms with E-state index in [9.17, 15) is 14.0 Å². The van der Waals surface area contributed by atoms with Gasteiger partial charge in [0.1, 0.15) is 17.4 Å². The monoisotopic (exact) mass is 399 g/mol. The lowest BCUT2D eigenvalue weighted by Crippen LogP contribution is -2.52. The number of carbonyl (C=O) groups is 2. The van der Waals surface area contributed by atoms with Gasteiger partial charge in [-0.15, -0.1) is 0 Å². The molecule has 1 atom stereocenters. The predicted molar refractivity (Wildman–Crippen MR) is 104 cm³/mol. The first kappa shape index (κ1) is 20.5. The van der Waals surface area contributed by atoms with Crippen molar-refractivity contribution in [2.45, 2.75) is 38.5 Å². The zero-order valence-electron chi connectivity index (χ0n) is 16.0. The quantitative estimate of drug-likeness (QED) is 0.225. The van der Waals surface area contributed by atoms with E-state index < -0.39 is 23.5 Å². The molecule has 0 aliphatic carbocycles. The maximum Gasteiger partial charge on any atom is 0.313 e. The Morgan fingerprint density at radius 3 is 2.62 bits per heavy atom. The Labute approximate surface area is 167 Å². The number of benzene rings is 2. The second-order valence-electron chi connectivity index (χ2n) is 6.90. The summed E-state index contributed by atoms with van der Waals surface area (Å²) in [5.41, 5.74) is 12.5.